The second kappa shape index (κ2) is 3.80. The quantitative estimate of drug-likeness (QED) is 0.757. The summed E-state index contributed by atoms with van der Waals surface area (Å²) < 4.78 is 5.59. The molecule has 1 unspecified atom stereocenters. The van der Waals surface area contributed by atoms with Crippen LogP contribution in [0, 0.1) is 0 Å². The van der Waals surface area contributed by atoms with Crippen molar-refractivity contribution < 1.29 is 9.52 Å². The van der Waals surface area contributed by atoms with Crippen LogP contribution in [0.1, 0.15) is 11.6 Å². The Balaban J connectivity index is 2.66. The van der Waals surface area contributed by atoms with Crippen molar-refractivity contribution in [2.45, 2.75) is 6.04 Å². The van der Waals surface area contributed by atoms with Crippen molar-refractivity contribution in [3.05, 3.63) is 32.7 Å². The third-order valence-corrected chi connectivity index (χ3v) is 2.76. The summed E-state index contributed by atoms with van der Waals surface area (Å²) in [4.78, 5) is 13.5. The molecule has 1 aromatic carbocycles. The largest absolute Gasteiger partial charge is 0.417 e. The summed E-state index contributed by atoms with van der Waals surface area (Å²) in [5.41, 5.74) is 7.38. The first-order valence-electron chi connectivity index (χ1n) is 4.30. The van der Waals surface area contributed by atoms with E-state index in [1.807, 2.05) is 0 Å². The number of aromatic amines is 1. The zero-order chi connectivity index (χ0) is 11.0. The molecule has 0 saturated heterocycles. The summed E-state index contributed by atoms with van der Waals surface area (Å²) >= 11 is 3.29. The maximum atomic E-state index is 11.0. The summed E-state index contributed by atoms with van der Waals surface area (Å²) in [6, 6.07) is 2.90. The zero-order valence-electron chi connectivity index (χ0n) is 7.66. The van der Waals surface area contributed by atoms with Crippen LogP contribution in [-0.2, 0) is 0 Å². The number of aliphatic hydroxyl groups excluding tert-OH is 1. The lowest BCUT2D eigenvalue weighted by atomic mass is 10.1. The van der Waals surface area contributed by atoms with Crippen LogP contribution in [0.5, 0.6) is 0 Å². The summed E-state index contributed by atoms with van der Waals surface area (Å²) in [6.07, 6.45) is 0. The van der Waals surface area contributed by atoms with Crippen molar-refractivity contribution in [2.75, 3.05) is 6.61 Å². The Morgan fingerprint density at radius 2 is 2.33 bits per heavy atom. The molecule has 1 heterocycles. The first-order chi connectivity index (χ1) is 7.11. The van der Waals surface area contributed by atoms with Gasteiger partial charge in [-0.15, -0.1) is 0 Å². The van der Waals surface area contributed by atoms with E-state index < -0.39 is 11.8 Å². The van der Waals surface area contributed by atoms with Crippen LogP contribution in [0.4, 0.5) is 0 Å². The highest BCUT2D eigenvalue weighted by molar-refractivity contribution is 9.10. The van der Waals surface area contributed by atoms with Crippen LogP contribution in [0.25, 0.3) is 11.1 Å². The number of benzene rings is 1. The Bertz CT molecular complexity index is 546. The van der Waals surface area contributed by atoms with Crippen molar-refractivity contribution >= 4 is 27.0 Å². The van der Waals surface area contributed by atoms with Gasteiger partial charge in [0.15, 0.2) is 5.58 Å². The molecule has 4 N–H and O–H groups in total. The van der Waals surface area contributed by atoms with Gasteiger partial charge in [-0.3, -0.25) is 4.98 Å². The van der Waals surface area contributed by atoms with E-state index in [4.69, 9.17) is 15.3 Å². The molecule has 0 amide bonds. The average Bonchev–Trinajstić information content (AvgIpc) is 2.58. The SMILES string of the molecule is NC(CO)c1cc(Br)c2[nH]c(=O)oc2c1. The monoisotopic (exact) mass is 272 g/mol. The Morgan fingerprint density at radius 1 is 1.60 bits per heavy atom. The number of rotatable bonds is 2. The van der Waals surface area contributed by atoms with Gasteiger partial charge in [0.1, 0.15) is 5.52 Å². The Morgan fingerprint density at radius 3 is 3.00 bits per heavy atom. The molecular formula is C9H9BrN2O3. The number of aliphatic hydroxyl groups is 1. The lowest BCUT2D eigenvalue weighted by Gasteiger charge is -2.08. The van der Waals surface area contributed by atoms with E-state index in [0.29, 0.717) is 21.1 Å². The van der Waals surface area contributed by atoms with E-state index in [0.717, 1.165) is 0 Å². The maximum Gasteiger partial charge on any atom is 0.417 e. The molecule has 0 bridgehead atoms. The van der Waals surface area contributed by atoms with Crippen LogP contribution in [0.3, 0.4) is 0 Å². The highest BCUT2D eigenvalue weighted by Crippen LogP contribution is 2.25. The molecule has 1 atom stereocenters. The number of nitrogens with one attached hydrogen (secondary N) is 1. The Kier molecular flexibility index (Phi) is 2.64. The number of hydrogen-bond donors (Lipinski definition) is 3. The average molecular weight is 273 g/mol. The molecule has 0 aliphatic heterocycles. The van der Waals surface area contributed by atoms with Gasteiger partial charge < -0.3 is 15.3 Å². The molecule has 0 fully saturated rings. The minimum absolute atomic E-state index is 0.160. The fraction of sp³-hybridized carbons (Fsp3) is 0.222. The zero-order valence-corrected chi connectivity index (χ0v) is 9.24. The van der Waals surface area contributed by atoms with Crippen LogP contribution in [0.2, 0.25) is 0 Å². The van der Waals surface area contributed by atoms with Gasteiger partial charge >= 0.3 is 5.76 Å². The summed E-state index contributed by atoms with van der Waals surface area (Å²) in [7, 11) is 0. The van der Waals surface area contributed by atoms with Crippen molar-refractivity contribution in [1.29, 1.82) is 0 Å². The number of fused-ring (bicyclic) bond motifs is 1. The highest BCUT2D eigenvalue weighted by atomic mass is 79.9. The minimum Gasteiger partial charge on any atom is -0.408 e. The van der Waals surface area contributed by atoms with E-state index in [9.17, 15) is 4.79 Å². The smallest absolute Gasteiger partial charge is 0.408 e. The molecule has 80 valence electrons. The number of aromatic nitrogens is 1. The number of hydrogen-bond acceptors (Lipinski definition) is 4. The third kappa shape index (κ3) is 1.83. The van der Waals surface area contributed by atoms with Gasteiger partial charge in [-0.1, -0.05) is 0 Å². The topological polar surface area (TPSA) is 92.2 Å². The van der Waals surface area contributed by atoms with E-state index >= 15 is 0 Å². The molecule has 15 heavy (non-hydrogen) atoms. The number of oxazole rings is 1. The fourth-order valence-electron chi connectivity index (χ4n) is 1.35. The predicted molar refractivity (Wildman–Crippen MR) is 58.5 cm³/mol. The Hall–Kier alpha value is -1.11. The van der Waals surface area contributed by atoms with Gasteiger partial charge in [-0.25, -0.2) is 4.79 Å². The van der Waals surface area contributed by atoms with Crippen LogP contribution in [-0.4, -0.2) is 16.7 Å². The van der Waals surface area contributed by atoms with Crippen molar-refractivity contribution in [1.82, 2.24) is 4.98 Å². The van der Waals surface area contributed by atoms with E-state index in [1.54, 1.807) is 12.1 Å². The molecule has 0 aliphatic rings. The van der Waals surface area contributed by atoms with Crippen LogP contribution >= 0.6 is 15.9 Å². The normalized spacial score (nSPS) is 13.3. The van der Waals surface area contributed by atoms with Crippen molar-refractivity contribution in [3.8, 4) is 0 Å². The van der Waals surface area contributed by atoms with Gasteiger partial charge in [0.05, 0.1) is 12.6 Å². The lowest BCUT2D eigenvalue weighted by Crippen LogP contribution is -2.14. The molecule has 2 rings (SSSR count). The maximum absolute atomic E-state index is 11.0. The Labute approximate surface area is 93.0 Å². The second-order valence-corrected chi connectivity index (χ2v) is 4.03. The molecule has 2 aromatic rings. The first kappa shape index (κ1) is 10.4. The molecule has 0 saturated carbocycles. The number of halogens is 1. The molecule has 0 radical (unpaired) electrons. The second-order valence-electron chi connectivity index (χ2n) is 3.18. The summed E-state index contributed by atoms with van der Waals surface area (Å²) in [5.74, 6) is -0.514. The van der Waals surface area contributed by atoms with Gasteiger partial charge in [-0.2, -0.15) is 0 Å². The van der Waals surface area contributed by atoms with E-state index in [1.165, 1.54) is 0 Å². The predicted octanol–water partition coefficient (Wildman–Crippen LogP) is 0.876. The molecule has 6 heteroatoms. The van der Waals surface area contributed by atoms with Crippen LogP contribution < -0.4 is 11.5 Å². The summed E-state index contributed by atoms with van der Waals surface area (Å²) in [6.45, 7) is -0.160. The van der Waals surface area contributed by atoms with Gasteiger partial charge in [0, 0.05) is 4.47 Å². The summed E-state index contributed by atoms with van der Waals surface area (Å²) in [5, 5.41) is 8.92. The fourth-order valence-corrected chi connectivity index (χ4v) is 1.91. The molecular weight excluding hydrogens is 264 g/mol. The first-order valence-corrected chi connectivity index (χ1v) is 5.10. The van der Waals surface area contributed by atoms with E-state index in [2.05, 4.69) is 20.9 Å². The van der Waals surface area contributed by atoms with Crippen molar-refractivity contribution in [2.24, 2.45) is 5.73 Å². The van der Waals surface area contributed by atoms with E-state index in [-0.39, 0.29) is 6.61 Å². The van der Waals surface area contributed by atoms with Gasteiger partial charge in [-0.05, 0) is 33.6 Å². The van der Waals surface area contributed by atoms with Gasteiger partial charge in [0.25, 0.3) is 0 Å². The molecule has 1 aromatic heterocycles. The highest BCUT2D eigenvalue weighted by Gasteiger charge is 2.11. The van der Waals surface area contributed by atoms with Gasteiger partial charge in [0.2, 0.25) is 0 Å². The molecule has 0 aliphatic carbocycles. The number of nitrogens with two attached hydrogens (primary N) is 1. The number of H-pyrrole nitrogens is 1. The lowest BCUT2D eigenvalue weighted by molar-refractivity contribution is 0.268. The third-order valence-electron chi connectivity index (χ3n) is 2.13. The minimum atomic E-state index is -0.514. The standard InChI is InChI=1S/C9H9BrN2O3/c10-5-1-4(6(11)3-13)2-7-8(5)12-9(14)15-7/h1-2,6,13H,3,11H2,(H,12,14). The van der Waals surface area contributed by atoms with Crippen molar-refractivity contribution in [3.63, 3.8) is 0 Å². The molecule has 5 nitrogen and oxygen atoms in total. The molecule has 0 spiro atoms. The van der Waals surface area contributed by atoms with Crippen LogP contribution in [0.15, 0.2) is 25.8 Å².